The topological polar surface area (TPSA) is 74.6 Å². The minimum absolute atomic E-state index is 0.143. The van der Waals surface area contributed by atoms with Crippen LogP contribution < -0.4 is 5.43 Å². The minimum Gasteiger partial charge on any atom is -0.478 e. The van der Waals surface area contributed by atoms with E-state index in [1.54, 1.807) is 0 Å². The van der Waals surface area contributed by atoms with Gasteiger partial charge in [0, 0.05) is 12.9 Å². The maximum Gasteiger partial charge on any atom is 0.337 e. The van der Waals surface area contributed by atoms with Gasteiger partial charge in [0.2, 0.25) is 0 Å². The van der Waals surface area contributed by atoms with Crippen molar-refractivity contribution >= 4 is 18.5 Å². The molecule has 5 heteroatoms. The zero-order chi connectivity index (χ0) is 8.97. The Morgan fingerprint density at radius 2 is 2.42 bits per heavy atom. The highest BCUT2D eigenvalue weighted by atomic mass is 16.4. The highest BCUT2D eigenvalue weighted by Gasteiger charge is 2.01. The molecule has 0 saturated heterocycles. The highest BCUT2D eigenvalue weighted by molar-refractivity contribution is 5.87. The van der Waals surface area contributed by atoms with Crippen molar-refractivity contribution in [3.05, 3.63) is 23.9 Å². The largest absolute Gasteiger partial charge is 0.478 e. The lowest BCUT2D eigenvalue weighted by Crippen LogP contribution is -1.98. The first kappa shape index (κ1) is 8.19. The Morgan fingerprint density at radius 3 is 2.83 bits per heavy atom. The molecule has 62 valence electrons. The van der Waals surface area contributed by atoms with E-state index in [4.69, 9.17) is 5.11 Å². The SMILES string of the molecule is C=NNc1ccc(C(=O)O)cn1. The molecule has 0 aliphatic carbocycles. The third-order valence-electron chi connectivity index (χ3n) is 1.20. The van der Waals surface area contributed by atoms with Gasteiger partial charge in [-0.25, -0.2) is 9.78 Å². The van der Waals surface area contributed by atoms with Crippen LogP contribution >= 0.6 is 0 Å². The monoisotopic (exact) mass is 165 g/mol. The zero-order valence-corrected chi connectivity index (χ0v) is 6.19. The maximum atomic E-state index is 10.4. The maximum absolute atomic E-state index is 10.4. The normalized spacial score (nSPS) is 9.00. The Bertz CT molecular complexity index is 294. The van der Waals surface area contributed by atoms with Gasteiger partial charge in [-0.3, -0.25) is 5.43 Å². The number of aromatic nitrogens is 1. The molecule has 1 aromatic rings. The minimum atomic E-state index is -0.999. The molecular formula is C7H7N3O2. The van der Waals surface area contributed by atoms with Crippen LogP contribution in [-0.2, 0) is 0 Å². The lowest BCUT2D eigenvalue weighted by atomic mass is 10.3. The first-order valence-electron chi connectivity index (χ1n) is 3.15. The van der Waals surface area contributed by atoms with E-state index in [1.807, 2.05) is 0 Å². The van der Waals surface area contributed by atoms with Gasteiger partial charge in [-0.2, -0.15) is 5.10 Å². The molecule has 0 saturated carbocycles. The first-order valence-corrected chi connectivity index (χ1v) is 3.15. The molecule has 2 N–H and O–H groups in total. The van der Waals surface area contributed by atoms with Crippen LogP contribution in [0.2, 0.25) is 0 Å². The number of carboxylic acid groups (broad SMARTS) is 1. The summed E-state index contributed by atoms with van der Waals surface area (Å²) in [6.07, 6.45) is 1.25. The second-order valence-electron chi connectivity index (χ2n) is 2.01. The molecule has 1 heterocycles. The molecule has 0 bridgehead atoms. The van der Waals surface area contributed by atoms with Gasteiger partial charge in [-0.15, -0.1) is 0 Å². The summed E-state index contributed by atoms with van der Waals surface area (Å²) < 4.78 is 0. The van der Waals surface area contributed by atoms with E-state index in [1.165, 1.54) is 18.3 Å². The molecule has 5 nitrogen and oxygen atoms in total. The van der Waals surface area contributed by atoms with Crippen molar-refractivity contribution in [1.82, 2.24) is 4.98 Å². The van der Waals surface area contributed by atoms with E-state index in [0.29, 0.717) is 5.82 Å². The van der Waals surface area contributed by atoms with Crippen LogP contribution in [0.25, 0.3) is 0 Å². The third kappa shape index (κ3) is 1.79. The van der Waals surface area contributed by atoms with Gasteiger partial charge in [0.05, 0.1) is 5.56 Å². The average molecular weight is 165 g/mol. The van der Waals surface area contributed by atoms with Crippen LogP contribution in [-0.4, -0.2) is 22.8 Å². The molecule has 0 fully saturated rings. The predicted molar refractivity (Wildman–Crippen MR) is 44.4 cm³/mol. The first-order chi connectivity index (χ1) is 5.74. The number of hydrogen-bond donors (Lipinski definition) is 2. The van der Waals surface area contributed by atoms with Gasteiger partial charge in [0.15, 0.2) is 0 Å². The van der Waals surface area contributed by atoms with Gasteiger partial charge in [0.25, 0.3) is 0 Å². The number of pyridine rings is 1. The molecule has 0 aliphatic heterocycles. The number of carboxylic acids is 1. The quantitative estimate of drug-likeness (QED) is 0.513. The summed E-state index contributed by atoms with van der Waals surface area (Å²) in [5, 5.41) is 11.9. The van der Waals surface area contributed by atoms with Crippen molar-refractivity contribution in [2.75, 3.05) is 5.43 Å². The van der Waals surface area contributed by atoms with Gasteiger partial charge in [-0.05, 0) is 12.1 Å². The lowest BCUT2D eigenvalue weighted by Gasteiger charge is -1.97. The number of hydrogen-bond acceptors (Lipinski definition) is 4. The second kappa shape index (κ2) is 3.47. The molecule has 0 amide bonds. The third-order valence-corrected chi connectivity index (χ3v) is 1.20. The van der Waals surface area contributed by atoms with E-state index in [2.05, 4.69) is 22.2 Å². The molecular weight excluding hydrogens is 158 g/mol. The second-order valence-corrected chi connectivity index (χ2v) is 2.01. The standard InChI is InChI=1S/C7H7N3O2/c1-8-10-6-3-2-5(4-9-6)7(11)12/h2-4H,1H2,(H,9,10)(H,11,12). The number of carbonyl (C=O) groups is 1. The fourth-order valence-corrected chi connectivity index (χ4v) is 0.668. The number of nitrogens with zero attached hydrogens (tertiary/aromatic N) is 2. The molecule has 0 aromatic carbocycles. The number of hydrazone groups is 1. The number of anilines is 1. The van der Waals surface area contributed by atoms with Gasteiger partial charge in [0.1, 0.15) is 5.82 Å². The number of rotatable bonds is 3. The lowest BCUT2D eigenvalue weighted by molar-refractivity contribution is 0.0696. The van der Waals surface area contributed by atoms with Crippen LogP contribution in [0.15, 0.2) is 23.4 Å². The zero-order valence-electron chi connectivity index (χ0n) is 6.19. The Hall–Kier alpha value is -1.91. The number of aromatic carboxylic acids is 1. The molecule has 1 rings (SSSR count). The Morgan fingerprint density at radius 1 is 1.67 bits per heavy atom. The summed E-state index contributed by atoms with van der Waals surface area (Å²) in [6.45, 7) is 3.20. The molecule has 0 atom stereocenters. The van der Waals surface area contributed by atoms with Crippen molar-refractivity contribution in [3.63, 3.8) is 0 Å². The summed E-state index contributed by atoms with van der Waals surface area (Å²) >= 11 is 0. The Kier molecular flexibility index (Phi) is 2.37. The summed E-state index contributed by atoms with van der Waals surface area (Å²) in [5.74, 6) is -0.532. The van der Waals surface area contributed by atoms with Gasteiger partial charge < -0.3 is 5.11 Å². The van der Waals surface area contributed by atoms with E-state index >= 15 is 0 Å². The van der Waals surface area contributed by atoms with Crippen molar-refractivity contribution in [2.45, 2.75) is 0 Å². The van der Waals surface area contributed by atoms with Crippen LogP contribution in [0, 0.1) is 0 Å². The van der Waals surface area contributed by atoms with E-state index in [0.717, 1.165) is 0 Å². The van der Waals surface area contributed by atoms with Crippen LogP contribution in [0.5, 0.6) is 0 Å². The molecule has 12 heavy (non-hydrogen) atoms. The van der Waals surface area contributed by atoms with E-state index in [-0.39, 0.29) is 5.56 Å². The average Bonchev–Trinajstić information content (AvgIpc) is 2.06. The fourth-order valence-electron chi connectivity index (χ4n) is 0.668. The molecule has 0 unspecified atom stereocenters. The van der Waals surface area contributed by atoms with Crippen LogP contribution in [0.3, 0.4) is 0 Å². The molecule has 0 aliphatic rings. The Labute approximate surface area is 68.8 Å². The van der Waals surface area contributed by atoms with E-state index in [9.17, 15) is 4.79 Å². The Balaban J connectivity index is 2.85. The molecule has 0 radical (unpaired) electrons. The summed E-state index contributed by atoms with van der Waals surface area (Å²) in [6, 6.07) is 2.95. The van der Waals surface area contributed by atoms with E-state index < -0.39 is 5.97 Å². The van der Waals surface area contributed by atoms with Crippen molar-refractivity contribution in [1.29, 1.82) is 0 Å². The van der Waals surface area contributed by atoms with Gasteiger partial charge in [-0.1, -0.05) is 0 Å². The van der Waals surface area contributed by atoms with Crippen molar-refractivity contribution in [2.24, 2.45) is 5.10 Å². The molecule has 0 spiro atoms. The molecule has 1 aromatic heterocycles. The fraction of sp³-hybridized carbons (Fsp3) is 0. The predicted octanol–water partition coefficient (Wildman–Crippen LogP) is 0.807. The highest BCUT2D eigenvalue weighted by Crippen LogP contribution is 2.04. The summed E-state index contributed by atoms with van der Waals surface area (Å²) in [4.78, 5) is 14.1. The van der Waals surface area contributed by atoms with Gasteiger partial charge >= 0.3 is 5.97 Å². The smallest absolute Gasteiger partial charge is 0.337 e. The van der Waals surface area contributed by atoms with Crippen molar-refractivity contribution in [3.8, 4) is 0 Å². The van der Waals surface area contributed by atoms with Crippen LogP contribution in [0.4, 0.5) is 5.82 Å². The van der Waals surface area contributed by atoms with Crippen molar-refractivity contribution < 1.29 is 9.90 Å². The summed E-state index contributed by atoms with van der Waals surface area (Å²) in [5.41, 5.74) is 2.63. The number of nitrogens with one attached hydrogen (secondary N) is 1. The van der Waals surface area contributed by atoms with Crippen LogP contribution in [0.1, 0.15) is 10.4 Å². The summed E-state index contributed by atoms with van der Waals surface area (Å²) in [7, 11) is 0.